The molecule has 0 aliphatic heterocycles. The lowest BCUT2D eigenvalue weighted by molar-refractivity contribution is 0.277. The molecule has 0 radical (unpaired) electrons. The zero-order chi connectivity index (χ0) is 10.1. The summed E-state index contributed by atoms with van der Waals surface area (Å²) in [5.41, 5.74) is 0. The maximum atomic E-state index is 3.95. The van der Waals surface area contributed by atoms with E-state index in [4.69, 9.17) is 0 Å². The van der Waals surface area contributed by atoms with Gasteiger partial charge in [0.15, 0.2) is 0 Å². The summed E-state index contributed by atoms with van der Waals surface area (Å²) in [5, 5.41) is 11.3. The average molecular weight is 206 g/mol. The van der Waals surface area contributed by atoms with E-state index in [2.05, 4.69) is 15.5 Å². The Morgan fingerprint density at radius 3 is 2.47 bits per heavy atom. The number of nitrogens with zero attached hydrogens (tertiary/aromatic N) is 4. The lowest BCUT2D eigenvalue weighted by Gasteiger charge is -2.24. The molecular formula is C11H18N4. The predicted octanol–water partition coefficient (Wildman–Crippen LogP) is 1.89. The minimum atomic E-state index is 0.821. The van der Waals surface area contributed by atoms with E-state index in [9.17, 15) is 0 Å². The van der Waals surface area contributed by atoms with Crippen LogP contribution in [0.2, 0.25) is 0 Å². The van der Waals surface area contributed by atoms with E-state index in [1.54, 1.807) is 6.33 Å². The lowest BCUT2D eigenvalue weighted by atomic mass is 9.82. The highest BCUT2D eigenvalue weighted by Crippen LogP contribution is 2.45. The molecule has 2 unspecified atom stereocenters. The van der Waals surface area contributed by atoms with Crippen LogP contribution in [-0.2, 0) is 6.54 Å². The lowest BCUT2D eigenvalue weighted by Crippen LogP contribution is -2.12. The van der Waals surface area contributed by atoms with Gasteiger partial charge in [0.25, 0.3) is 0 Å². The number of hydrogen-bond donors (Lipinski definition) is 0. The van der Waals surface area contributed by atoms with Crippen molar-refractivity contribution in [2.24, 2.45) is 17.8 Å². The monoisotopic (exact) mass is 206 g/mol. The van der Waals surface area contributed by atoms with Crippen LogP contribution >= 0.6 is 0 Å². The van der Waals surface area contributed by atoms with Gasteiger partial charge in [-0.1, -0.05) is 25.7 Å². The van der Waals surface area contributed by atoms with Crippen LogP contribution in [0.3, 0.4) is 0 Å². The van der Waals surface area contributed by atoms with E-state index < -0.39 is 0 Å². The predicted molar refractivity (Wildman–Crippen MR) is 56.0 cm³/mol. The third-order valence-electron chi connectivity index (χ3n) is 4.18. The number of aromatic nitrogens is 4. The fraction of sp³-hybridized carbons (Fsp3) is 0.909. The molecule has 1 aromatic rings. The molecular weight excluding hydrogens is 188 g/mol. The minimum absolute atomic E-state index is 0.821. The molecule has 1 heterocycles. The van der Waals surface area contributed by atoms with E-state index >= 15 is 0 Å². The molecule has 0 bridgehead atoms. The summed E-state index contributed by atoms with van der Waals surface area (Å²) in [4.78, 5) is 0. The van der Waals surface area contributed by atoms with Gasteiger partial charge in [-0.05, 0) is 41.0 Å². The first-order chi connectivity index (χ1) is 7.42. The maximum Gasteiger partial charge on any atom is 0.138 e. The fourth-order valence-electron chi connectivity index (χ4n) is 3.54. The molecule has 4 nitrogen and oxygen atoms in total. The second-order valence-electron chi connectivity index (χ2n) is 5.17. The Morgan fingerprint density at radius 2 is 1.87 bits per heavy atom. The van der Waals surface area contributed by atoms with Crippen LogP contribution < -0.4 is 0 Å². The summed E-state index contributed by atoms with van der Waals surface area (Å²) in [6.45, 7) is 1.03. The smallest absolute Gasteiger partial charge is 0.138 e. The summed E-state index contributed by atoms with van der Waals surface area (Å²) in [6.07, 6.45) is 10.4. The summed E-state index contributed by atoms with van der Waals surface area (Å²) >= 11 is 0. The Bertz CT molecular complexity index is 294. The van der Waals surface area contributed by atoms with Crippen molar-refractivity contribution in [3.05, 3.63) is 6.33 Å². The molecule has 15 heavy (non-hydrogen) atoms. The van der Waals surface area contributed by atoms with Crippen molar-refractivity contribution in [1.82, 2.24) is 20.2 Å². The van der Waals surface area contributed by atoms with E-state index in [1.807, 2.05) is 4.68 Å². The quantitative estimate of drug-likeness (QED) is 0.742. The normalized spacial score (nSPS) is 35.3. The summed E-state index contributed by atoms with van der Waals surface area (Å²) in [7, 11) is 0. The molecule has 2 aliphatic rings. The number of hydrogen-bond acceptors (Lipinski definition) is 3. The van der Waals surface area contributed by atoms with Gasteiger partial charge < -0.3 is 0 Å². The molecule has 2 saturated carbocycles. The van der Waals surface area contributed by atoms with Gasteiger partial charge in [-0.15, -0.1) is 5.10 Å². The molecule has 0 spiro atoms. The van der Waals surface area contributed by atoms with Crippen LogP contribution in [0.15, 0.2) is 6.33 Å². The molecule has 0 N–H and O–H groups in total. The van der Waals surface area contributed by atoms with Gasteiger partial charge in [-0.3, -0.25) is 0 Å². The molecule has 82 valence electrons. The third-order valence-corrected chi connectivity index (χ3v) is 4.18. The first kappa shape index (κ1) is 9.31. The van der Waals surface area contributed by atoms with Gasteiger partial charge in [0.1, 0.15) is 6.33 Å². The van der Waals surface area contributed by atoms with Gasteiger partial charge in [-0.25, -0.2) is 4.68 Å². The first-order valence-electron chi connectivity index (χ1n) is 6.12. The second-order valence-corrected chi connectivity index (χ2v) is 5.17. The highest BCUT2D eigenvalue weighted by Gasteiger charge is 2.35. The SMILES string of the molecule is c1nnnn1CC1CC2CCCCC2C1. The van der Waals surface area contributed by atoms with E-state index in [0.717, 1.165) is 24.3 Å². The van der Waals surface area contributed by atoms with Crippen molar-refractivity contribution in [2.45, 2.75) is 45.1 Å². The molecule has 0 amide bonds. The highest BCUT2D eigenvalue weighted by molar-refractivity contribution is 4.85. The Balaban J connectivity index is 1.60. The van der Waals surface area contributed by atoms with Crippen LogP contribution in [0.25, 0.3) is 0 Å². The van der Waals surface area contributed by atoms with Crippen molar-refractivity contribution in [1.29, 1.82) is 0 Å². The third kappa shape index (κ3) is 1.90. The number of fused-ring (bicyclic) bond motifs is 1. The van der Waals surface area contributed by atoms with Crippen molar-refractivity contribution in [3.8, 4) is 0 Å². The van der Waals surface area contributed by atoms with Gasteiger partial charge in [0.2, 0.25) is 0 Å². The zero-order valence-electron chi connectivity index (χ0n) is 9.05. The van der Waals surface area contributed by atoms with Gasteiger partial charge in [0, 0.05) is 6.54 Å². The Morgan fingerprint density at radius 1 is 1.13 bits per heavy atom. The van der Waals surface area contributed by atoms with Crippen molar-refractivity contribution in [2.75, 3.05) is 0 Å². The van der Waals surface area contributed by atoms with Gasteiger partial charge in [0.05, 0.1) is 0 Å². The Hall–Kier alpha value is -0.930. The Kier molecular flexibility index (Phi) is 2.43. The topological polar surface area (TPSA) is 43.6 Å². The molecule has 2 atom stereocenters. The van der Waals surface area contributed by atoms with Crippen LogP contribution in [0, 0.1) is 17.8 Å². The largest absolute Gasteiger partial charge is 0.232 e. The van der Waals surface area contributed by atoms with Crippen LogP contribution in [0.1, 0.15) is 38.5 Å². The van der Waals surface area contributed by atoms with Gasteiger partial charge in [-0.2, -0.15) is 0 Å². The zero-order valence-corrected chi connectivity index (χ0v) is 9.05. The average Bonchev–Trinajstić information content (AvgIpc) is 2.86. The summed E-state index contributed by atoms with van der Waals surface area (Å²) < 4.78 is 1.89. The van der Waals surface area contributed by atoms with Crippen LogP contribution in [0.5, 0.6) is 0 Å². The van der Waals surface area contributed by atoms with Crippen molar-refractivity contribution >= 4 is 0 Å². The Labute approximate surface area is 90.1 Å². The molecule has 1 aromatic heterocycles. The van der Waals surface area contributed by atoms with E-state index in [-0.39, 0.29) is 0 Å². The van der Waals surface area contributed by atoms with Gasteiger partial charge >= 0.3 is 0 Å². The number of rotatable bonds is 2. The molecule has 2 aliphatic carbocycles. The summed E-state index contributed by atoms with van der Waals surface area (Å²) in [5.74, 6) is 2.85. The molecule has 0 aromatic carbocycles. The molecule has 4 heteroatoms. The standard InChI is InChI=1S/C11H18N4/c1-2-4-11-6-9(5-10(11)3-1)7-15-8-12-13-14-15/h8-11H,1-7H2. The second kappa shape index (κ2) is 3.91. The van der Waals surface area contributed by atoms with Crippen molar-refractivity contribution < 1.29 is 0 Å². The summed E-state index contributed by atoms with van der Waals surface area (Å²) in [6, 6.07) is 0. The highest BCUT2D eigenvalue weighted by atomic mass is 15.5. The van der Waals surface area contributed by atoms with E-state index in [1.165, 1.54) is 38.5 Å². The molecule has 3 rings (SSSR count). The minimum Gasteiger partial charge on any atom is -0.232 e. The molecule has 0 saturated heterocycles. The van der Waals surface area contributed by atoms with E-state index in [0.29, 0.717) is 0 Å². The fourth-order valence-corrected chi connectivity index (χ4v) is 3.54. The first-order valence-corrected chi connectivity index (χ1v) is 6.12. The van der Waals surface area contributed by atoms with Crippen LogP contribution in [0.4, 0.5) is 0 Å². The van der Waals surface area contributed by atoms with Crippen LogP contribution in [-0.4, -0.2) is 20.2 Å². The molecule has 2 fully saturated rings. The van der Waals surface area contributed by atoms with Crippen molar-refractivity contribution in [3.63, 3.8) is 0 Å². The number of tetrazole rings is 1. The maximum absolute atomic E-state index is 3.95.